The van der Waals surface area contributed by atoms with Crippen molar-refractivity contribution in [3.8, 4) is 0 Å². The Kier molecular flexibility index (Phi) is 9.46. The number of aliphatic hydroxyl groups is 1. The van der Waals surface area contributed by atoms with Gasteiger partial charge < -0.3 is 20.2 Å². The topological polar surface area (TPSA) is 102 Å². The first-order chi connectivity index (χ1) is 25.8. The Labute approximate surface area is 310 Å². The van der Waals surface area contributed by atoms with Gasteiger partial charge in [0.15, 0.2) is 0 Å². The second kappa shape index (κ2) is 14.5. The number of aliphatic hydroxyl groups excluding tert-OH is 1. The van der Waals surface area contributed by atoms with Crippen LogP contribution in [0.5, 0.6) is 0 Å². The molecule has 9 rings (SSSR count). The summed E-state index contributed by atoms with van der Waals surface area (Å²) in [5, 5.41) is 16.0. The highest BCUT2D eigenvalue weighted by Crippen LogP contribution is 2.43. The van der Waals surface area contributed by atoms with Crippen molar-refractivity contribution in [3.63, 3.8) is 0 Å². The number of carbonyl (C=O) groups is 3. The maximum Gasteiger partial charge on any atom is 0.253 e. The molecular formula is C45H46N4O4. The number of anilines is 3. The van der Waals surface area contributed by atoms with Gasteiger partial charge in [-0.05, 0) is 98.9 Å². The van der Waals surface area contributed by atoms with Crippen LogP contribution in [-0.4, -0.2) is 48.9 Å². The number of hydrogen-bond donors (Lipinski definition) is 2. The van der Waals surface area contributed by atoms with E-state index in [1.54, 1.807) is 0 Å². The van der Waals surface area contributed by atoms with Crippen LogP contribution in [0.15, 0.2) is 95.7 Å². The lowest BCUT2D eigenvalue weighted by molar-refractivity contribution is -0.119. The molecule has 4 heterocycles. The van der Waals surface area contributed by atoms with Gasteiger partial charge in [0.05, 0.1) is 34.0 Å². The minimum absolute atomic E-state index is 0.145. The predicted octanol–water partition coefficient (Wildman–Crippen LogP) is 7.04. The van der Waals surface area contributed by atoms with Crippen molar-refractivity contribution in [2.75, 3.05) is 41.3 Å². The summed E-state index contributed by atoms with van der Waals surface area (Å²) in [7, 11) is 0. The molecule has 4 aliphatic heterocycles. The van der Waals surface area contributed by atoms with Gasteiger partial charge in [-0.25, -0.2) is 4.99 Å². The van der Waals surface area contributed by atoms with E-state index in [4.69, 9.17) is 4.99 Å². The number of rotatable bonds is 4. The number of nitrogens with one attached hydrogen (secondary N) is 1. The molecule has 2 N–H and O–H groups in total. The van der Waals surface area contributed by atoms with Gasteiger partial charge in [0.25, 0.3) is 5.91 Å². The molecule has 0 aromatic heterocycles. The monoisotopic (exact) mass is 706 g/mol. The van der Waals surface area contributed by atoms with Gasteiger partial charge in [0, 0.05) is 48.3 Å². The Balaban J connectivity index is 1.35. The van der Waals surface area contributed by atoms with Crippen LogP contribution in [0.1, 0.15) is 84.6 Å². The van der Waals surface area contributed by atoms with Gasteiger partial charge in [-0.15, -0.1) is 0 Å². The highest BCUT2D eigenvalue weighted by Gasteiger charge is 2.38. The van der Waals surface area contributed by atoms with E-state index in [2.05, 4.69) is 15.1 Å². The lowest BCUT2D eigenvalue weighted by Crippen LogP contribution is -2.38. The molecular weight excluding hydrogens is 661 g/mol. The summed E-state index contributed by atoms with van der Waals surface area (Å²) in [5.41, 5.74) is 6.97. The molecule has 2 saturated heterocycles. The molecule has 5 aliphatic rings. The van der Waals surface area contributed by atoms with Gasteiger partial charge in [0.2, 0.25) is 11.7 Å². The quantitative estimate of drug-likeness (QED) is 0.236. The van der Waals surface area contributed by atoms with Crippen LogP contribution in [0.25, 0.3) is 11.1 Å². The van der Waals surface area contributed by atoms with E-state index in [9.17, 15) is 19.5 Å². The molecule has 8 nitrogen and oxygen atoms in total. The molecule has 2 fully saturated rings. The molecule has 0 saturated carbocycles. The maximum absolute atomic E-state index is 14.4. The first kappa shape index (κ1) is 34.6. The molecule has 0 radical (unpaired) electrons. The Morgan fingerprint density at radius 3 is 1.81 bits per heavy atom. The Morgan fingerprint density at radius 1 is 0.660 bits per heavy atom. The Hall–Kier alpha value is -5.50. The molecule has 2 unspecified atom stereocenters. The van der Waals surface area contributed by atoms with Crippen molar-refractivity contribution in [2.45, 2.75) is 70.6 Å². The SMILES string of the molecule is Cc1cc2c(cc1N1CCCC1)NC(=O)C(c1ccccc1)CCCC(c1ccccc1)C(=O)N=c1cc(N3CCCC3)c(C)c/c1=C1\C(=O)C2=C1O. The summed E-state index contributed by atoms with van der Waals surface area (Å²) in [6.07, 6.45) is 5.97. The summed E-state index contributed by atoms with van der Waals surface area (Å²) >= 11 is 0. The average molecular weight is 707 g/mol. The lowest BCUT2D eigenvalue weighted by atomic mass is 9.80. The van der Waals surface area contributed by atoms with E-state index in [0.29, 0.717) is 41.1 Å². The van der Waals surface area contributed by atoms with Crippen LogP contribution in [0, 0.1) is 13.8 Å². The lowest BCUT2D eigenvalue weighted by Gasteiger charge is -2.28. The molecule has 53 heavy (non-hydrogen) atoms. The molecule has 0 spiro atoms. The fourth-order valence-electron chi connectivity index (χ4n) is 8.68. The standard InChI is InChI=1S/C45H46N4O4/c1-28-24-34-36(26-38(28)48-20-9-10-21-48)46-44(52)32(30-14-5-3-6-15-30)18-13-19-33(31-16-7-4-8-17-31)45(53)47-37-27-39(49-22-11-12-23-49)29(2)25-35(37)41-42(50)40(34)43(41)51/h3-8,14-17,24-27,32-33,50H,9-13,18-23H2,1-2H3,(H,46,52)/b41-35+,47-37?. The Bertz CT molecular complexity index is 2250. The minimum atomic E-state index is -0.554. The van der Waals surface area contributed by atoms with E-state index < -0.39 is 11.8 Å². The Morgan fingerprint density at radius 2 is 1.21 bits per heavy atom. The fourth-order valence-corrected chi connectivity index (χ4v) is 8.68. The summed E-state index contributed by atoms with van der Waals surface area (Å²) in [5.74, 6) is -2.06. The molecule has 2 bridgehead atoms. The van der Waals surface area contributed by atoms with Crippen LogP contribution in [0.2, 0.25) is 0 Å². The molecule has 270 valence electrons. The van der Waals surface area contributed by atoms with Crippen molar-refractivity contribution in [1.29, 1.82) is 0 Å². The third kappa shape index (κ3) is 6.56. The zero-order valence-electron chi connectivity index (χ0n) is 30.5. The highest BCUT2D eigenvalue weighted by molar-refractivity contribution is 6.52. The predicted molar refractivity (Wildman–Crippen MR) is 210 cm³/mol. The number of fused-ring (bicyclic) bond motifs is 8. The second-order valence-electron chi connectivity index (χ2n) is 15.0. The number of amides is 2. The van der Waals surface area contributed by atoms with E-state index in [1.165, 1.54) is 0 Å². The third-order valence-electron chi connectivity index (χ3n) is 11.5. The number of benzene rings is 4. The summed E-state index contributed by atoms with van der Waals surface area (Å²) in [4.78, 5) is 52.7. The third-order valence-corrected chi connectivity index (χ3v) is 11.5. The molecule has 4 aromatic carbocycles. The number of Topliss-reactive ketones (excluding diaryl/α,β-unsaturated/α-hetero) is 1. The van der Waals surface area contributed by atoms with Crippen molar-refractivity contribution in [3.05, 3.63) is 129 Å². The average Bonchev–Trinajstić information content (AvgIpc) is 3.90. The molecule has 2 atom stereocenters. The number of hydrogen-bond acceptors (Lipinski definition) is 6. The van der Waals surface area contributed by atoms with Crippen LogP contribution in [-0.2, 0) is 14.4 Å². The van der Waals surface area contributed by atoms with Crippen LogP contribution in [0.4, 0.5) is 17.1 Å². The minimum Gasteiger partial charge on any atom is -0.506 e. The maximum atomic E-state index is 14.4. The largest absolute Gasteiger partial charge is 0.506 e. The first-order valence-corrected chi connectivity index (χ1v) is 19.1. The number of allylic oxidation sites excluding steroid dienone is 2. The normalized spacial score (nSPS) is 21.9. The summed E-state index contributed by atoms with van der Waals surface area (Å²) in [6.45, 7) is 7.68. The molecule has 4 aromatic rings. The van der Waals surface area contributed by atoms with Crippen LogP contribution < -0.4 is 25.7 Å². The summed E-state index contributed by atoms with van der Waals surface area (Å²) < 4.78 is 0. The van der Waals surface area contributed by atoms with E-state index >= 15 is 0 Å². The fraction of sp³-hybridized carbons (Fsp3) is 0.333. The van der Waals surface area contributed by atoms with Crippen molar-refractivity contribution in [1.82, 2.24) is 0 Å². The number of ketones is 1. The van der Waals surface area contributed by atoms with Gasteiger partial charge in [-0.1, -0.05) is 67.1 Å². The second-order valence-corrected chi connectivity index (χ2v) is 15.0. The van der Waals surface area contributed by atoms with Crippen molar-refractivity contribution in [2.24, 2.45) is 4.99 Å². The van der Waals surface area contributed by atoms with Crippen molar-refractivity contribution >= 4 is 45.8 Å². The van der Waals surface area contributed by atoms with E-state index in [-0.39, 0.29) is 34.5 Å². The first-order valence-electron chi connectivity index (χ1n) is 19.1. The number of nitrogens with zero attached hydrogens (tertiary/aromatic N) is 3. The number of carbonyl (C=O) groups excluding carboxylic acids is 3. The van der Waals surface area contributed by atoms with Gasteiger partial charge in [0.1, 0.15) is 5.76 Å². The zero-order chi connectivity index (χ0) is 36.6. The number of aryl methyl sites for hydroxylation is 2. The van der Waals surface area contributed by atoms with Crippen LogP contribution in [0.3, 0.4) is 0 Å². The highest BCUT2D eigenvalue weighted by atomic mass is 16.3. The van der Waals surface area contributed by atoms with Crippen LogP contribution >= 0.6 is 0 Å². The van der Waals surface area contributed by atoms with E-state index in [1.807, 2.05) is 98.8 Å². The van der Waals surface area contributed by atoms with E-state index in [0.717, 1.165) is 85.5 Å². The zero-order valence-corrected chi connectivity index (χ0v) is 30.5. The molecule has 8 heteroatoms. The van der Waals surface area contributed by atoms with Crippen molar-refractivity contribution < 1.29 is 19.5 Å². The van der Waals surface area contributed by atoms with Gasteiger partial charge >= 0.3 is 0 Å². The molecule has 1 aliphatic carbocycles. The van der Waals surface area contributed by atoms with Gasteiger partial charge in [-0.2, -0.15) is 0 Å². The smallest absolute Gasteiger partial charge is 0.253 e. The van der Waals surface area contributed by atoms with Gasteiger partial charge in [-0.3, -0.25) is 14.4 Å². The molecule has 2 amide bonds. The summed E-state index contributed by atoms with van der Waals surface area (Å²) in [6, 6.07) is 27.1.